The van der Waals surface area contributed by atoms with Gasteiger partial charge >= 0.3 is 0 Å². The van der Waals surface area contributed by atoms with Crippen LogP contribution < -0.4 is 5.32 Å². The lowest BCUT2D eigenvalue weighted by molar-refractivity contribution is 0.164. The molecule has 1 N–H and O–H groups in total. The first-order valence-corrected chi connectivity index (χ1v) is 6.77. The van der Waals surface area contributed by atoms with Gasteiger partial charge in [0.05, 0.1) is 11.6 Å². The number of nitrogens with zero attached hydrogens (tertiary/aromatic N) is 1. The average molecular weight is 242 g/mol. The van der Waals surface area contributed by atoms with Gasteiger partial charge in [-0.2, -0.15) is 0 Å². The van der Waals surface area contributed by atoms with Crippen LogP contribution in [0.25, 0.3) is 0 Å². The second-order valence-electron chi connectivity index (χ2n) is 4.00. The summed E-state index contributed by atoms with van der Waals surface area (Å²) in [6.45, 7) is 6.07. The van der Waals surface area contributed by atoms with Crippen LogP contribution in [0.2, 0.25) is 0 Å². The topological polar surface area (TPSA) is 34.1 Å². The van der Waals surface area contributed by atoms with Crippen LogP contribution in [0.1, 0.15) is 30.5 Å². The van der Waals surface area contributed by atoms with Gasteiger partial charge in [-0.15, -0.1) is 11.3 Å². The van der Waals surface area contributed by atoms with E-state index in [4.69, 9.17) is 4.74 Å². The van der Waals surface area contributed by atoms with E-state index in [-0.39, 0.29) is 0 Å². The lowest BCUT2D eigenvalue weighted by Gasteiger charge is -2.15. The van der Waals surface area contributed by atoms with Crippen molar-refractivity contribution in [2.45, 2.75) is 39.2 Å². The molecule has 92 valence electrons. The van der Waals surface area contributed by atoms with E-state index in [2.05, 4.69) is 22.6 Å². The van der Waals surface area contributed by atoms with Crippen LogP contribution in [-0.4, -0.2) is 31.3 Å². The van der Waals surface area contributed by atoms with Crippen molar-refractivity contribution in [1.82, 2.24) is 10.3 Å². The van der Waals surface area contributed by atoms with E-state index in [1.54, 1.807) is 18.4 Å². The summed E-state index contributed by atoms with van der Waals surface area (Å²) in [4.78, 5) is 4.45. The van der Waals surface area contributed by atoms with Crippen LogP contribution in [0, 0.1) is 6.92 Å². The number of aryl methyl sites for hydroxylation is 2. The van der Waals surface area contributed by atoms with Gasteiger partial charge in [-0.3, -0.25) is 0 Å². The van der Waals surface area contributed by atoms with Gasteiger partial charge in [-0.25, -0.2) is 4.98 Å². The summed E-state index contributed by atoms with van der Waals surface area (Å²) < 4.78 is 5.14. The Balaban J connectivity index is 2.11. The molecule has 0 saturated heterocycles. The molecule has 1 unspecified atom stereocenters. The first-order valence-electron chi connectivity index (χ1n) is 5.89. The smallest absolute Gasteiger partial charge is 0.0928 e. The number of nitrogens with one attached hydrogen (secondary N) is 1. The van der Waals surface area contributed by atoms with Gasteiger partial charge < -0.3 is 10.1 Å². The summed E-state index contributed by atoms with van der Waals surface area (Å²) in [6.07, 6.45) is 3.34. The van der Waals surface area contributed by atoms with Crippen LogP contribution in [0.5, 0.6) is 0 Å². The molecule has 0 amide bonds. The number of methoxy groups -OCH3 is 1. The summed E-state index contributed by atoms with van der Waals surface area (Å²) in [5.41, 5.74) is 1.14. The minimum absolute atomic E-state index is 0.489. The maximum atomic E-state index is 5.14. The van der Waals surface area contributed by atoms with Crippen LogP contribution in [0.3, 0.4) is 0 Å². The summed E-state index contributed by atoms with van der Waals surface area (Å²) in [7, 11) is 1.75. The third-order valence-electron chi connectivity index (χ3n) is 2.53. The number of thiazole rings is 1. The fraction of sp³-hybridized carbons (Fsp3) is 0.750. The van der Waals surface area contributed by atoms with E-state index in [1.165, 1.54) is 5.01 Å². The molecule has 0 spiro atoms. The monoisotopic (exact) mass is 242 g/mol. The molecule has 0 fully saturated rings. The molecule has 3 nitrogen and oxygen atoms in total. The molecule has 1 rings (SSSR count). The molecular weight excluding hydrogens is 220 g/mol. The molecule has 0 aromatic carbocycles. The number of ether oxygens (including phenoxy) is 1. The molecule has 1 aromatic heterocycles. The minimum atomic E-state index is 0.489. The molecule has 0 radical (unpaired) electrons. The zero-order chi connectivity index (χ0) is 11.8. The summed E-state index contributed by atoms with van der Waals surface area (Å²) in [6, 6.07) is 0.489. The van der Waals surface area contributed by atoms with Crippen molar-refractivity contribution >= 4 is 11.3 Å². The number of aromatic nitrogens is 1. The van der Waals surface area contributed by atoms with Gasteiger partial charge in [0.15, 0.2) is 0 Å². The highest BCUT2D eigenvalue weighted by Gasteiger charge is 2.04. The summed E-state index contributed by atoms with van der Waals surface area (Å²) in [5.74, 6) is 0. The molecule has 1 aromatic rings. The highest BCUT2D eigenvalue weighted by molar-refractivity contribution is 7.09. The first-order chi connectivity index (χ1) is 7.76. The minimum Gasteiger partial charge on any atom is -0.383 e. The third kappa shape index (κ3) is 5.05. The van der Waals surface area contributed by atoms with Gasteiger partial charge in [0, 0.05) is 30.6 Å². The second-order valence-corrected chi connectivity index (χ2v) is 4.94. The average Bonchev–Trinajstić information content (AvgIpc) is 2.69. The third-order valence-corrected chi connectivity index (χ3v) is 3.55. The van der Waals surface area contributed by atoms with Crippen molar-refractivity contribution in [1.29, 1.82) is 0 Å². The molecule has 0 aliphatic carbocycles. The molecule has 0 aliphatic heterocycles. The predicted molar refractivity (Wildman–Crippen MR) is 69.1 cm³/mol. The van der Waals surface area contributed by atoms with Gasteiger partial charge in [0.1, 0.15) is 0 Å². The van der Waals surface area contributed by atoms with Crippen molar-refractivity contribution < 1.29 is 4.74 Å². The fourth-order valence-corrected chi connectivity index (χ4v) is 2.40. The van der Waals surface area contributed by atoms with E-state index in [0.29, 0.717) is 6.04 Å². The Hall–Kier alpha value is -0.450. The van der Waals surface area contributed by atoms with Crippen LogP contribution in [0.4, 0.5) is 0 Å². The van der Waals surface area contributed by atoms with E-state index in [1.807, 2.05) is 6.92 Å². The summed E-state index contributed by atoms with van der Waals surface area (Å²) in [5, 5.41) is 6.86. The van der Waals surface area contributed by atoms with E-state index in [0.717, 1.165) is 38.1 Å². The van der Waals surface area contributed by atoms with Gasteiger partial charge in [0.2, 0.25) is 0 Å². The molecule has 0 saturated carbocycles. The van der Waals surface area contributed by atoms with Crippen LogP contribution in [0.15, 0.2) is 5.38 Å². The van der Waals surface area contributed by atoms with Gasteiger partial charge in [0.25, 0.3) is 0 Å². The van der Waals surface area contributed by atoms with Crippen LogP contribution in [-0.2, 0) is 11.2 Å². The fourth-order valence-electron chi connectivity index (χ4n) is 1.59. The Morgan fingerprint density at radius 3 is 2.94 bits per heavy atom. The first kappa shape index (κ1) is 13.6. The molecule has 0 bridgehead atoms. The van der Waals surface area contributed by atoms with E-state index >= 15 is 0 Å². The summed E-state index contributed by atoms with van der Waals surface area (Å²) >= 11 is 1.76. The van der Waals surface area contributed by atoms with Crippen molar-refractivity contribution in [2.75, 3.05) is 20.3 Å². The molecular formula is C12H22N2OS. The Morgan fingerprint density at radius 1 is 1.56 bits per heavy atom. The van der Waals surface area contributed by atoms with Crippen LogP contribution >= 0.6 is 11.3 Å². The largest absolute Gasteiger partial charge is 0.383 e. The standard InChI is InChI=1S/C12H22N2OS/c1-4-11(8-15-3)13-7-5-6-12-14-10(2)9-16-12/h9,11,13H,4-8H2,1-3H3. The van der Waals surface area contributed by atoms with E-state index < -0.39 is 0 Å². The lowest BCUT2D eigenvalue weighted by Crippen LogP contribution is -2.33. The number of hydrogen-bond donors (Lipinski definition) is 1. The van der Waals surface area contributed by atoms with Gasteiger partial charge in [-0.05, 0) is 26.3 Å². The van der Waals surface area contributed by atoms with Crippen molar-refractivity contribution in [3.05, 3.63) is 16.1 Å². The Bertz CT molecular complexity index is 288. The highest BCUT2D eigenvalue weighted by atomic mass is 32.1. The quantitative estimate of drug-likeness (QED) is 0.711. The van der Waals surface area contributed by atoms with Crippen molar-refractivity contribution in [3.63, 3.8) is 0 Å². The normalized spacial score (nSPS) is 12.9. The van der Waals surface area contributed by atoms with E-state index in [9.17, 15) is 0 Å². The predicted octanol–water partition coefficient (Wildman–Crippen LogP) is 2.40. The van der Waals surface area contributed by atoms with Crippen molar-refractivity contribution in [2.24, 2.45) is 0 Å². The Kier molecular flexibility index (Phi) is 6.61. The van der Waals surface area contributed by atoms with Gasteiger partial charge in [-0.1, -0.05) is 6.92 Å². The Labute approximate surface area is 102 Å². The maximum absolute atomic E-state index is 5.14. The maximum Gasteiger partial charge on any atom is 0.0928 e. The molecule has 0 aliphatic rings. The Morgan fingerprint density at radius 2 is 2.38 bits per heavy atom. The lowest BCUT2D eigenvalue weighted by atomic mass is 10.2. The zero-order valence-corrected chi connectivity index (χ0v) is 11.3. The molecule has 1 heterocycles. The second kappa shape index (κ2) is 7.76. The number of rotatable bonds is 8. The zero-order valence-electron chi connectivity index (χ0n) is 10.5. The molecule has 4 heteroatoms. The number of hydrogen-bond acceptors (Lipinski definition) is 4. The highest BCUT2D eigenvalue weighted by Crippen LogP contribution is 2.10. The molecule has 1 atom stereocenters. The SMILES string of the molecule is CCC(COC)NCCCc1nc(C)cs1. The van der Waals surface area contributed by atoms with Crippen molar-refractivity contribution in [3.8, 4) is 0 Å². The molecule has 16 heavy (non-hydrogen) atoms.